The summed E-state index contributed by atoms with van der Waals surface area (Å²) in [5.74, 6) is 0.734. The summed E-state index contributed by atoms with van der Waals surface area (Å²) in [5, 5.41) is 5.41. The minimum atomic E-state index is 0.469. The fraction of sp³-hybridized carbons (Fsp3) is 0.545. The van der Waals surface area contributed by atoms with Crippen molar-refractivity contribution in [1.82, 2.24) is 24.6 Å². The first-order valence-corrected chi connectivity index (χ1v) is 6.26. The van der Waals surface area contributed by atoms with Crippen LogP contribution in [0.3, 0.4) is 0 Å². The highest BCUT2D eigenvalue weighted by atomic mass is 35.5. The number of nitrogens with zero attached hydrogens (tertiary/aromatic N) is 5. The molecule has 6 nitrogen and oxygen atoms in total. The minimum absolute atomic E-state index is 0.469. The van der Waals surface area contributed by atoms with Crippen molar-refractivity contribution in [3.63, 3.8) is 0 Å². The van der Waals surface area contributed by atoms with Gasteiger partial charge in [-0.2, -0.15) is 5.10 Å². The van der Waals surface area contributed by atoms with Crippen LogP contribution in [0.25, 0.3) is 11.0 Å². The van der Waals surface area contributed by atoms with Gasteiger partial charge in [0, 0.05) is 20.1 Å². The van der Waals surface area contributed by atoms with Gasteiger partial charge in [0.2, 0.25) is 0 Å². The topological polar surface area (TPSA) is 56.1 Å². The lowest BCUT2D eigenvalue weighted by Gasteiger charge is -2.25. The van der Waals surface area contributed by atoms with E-state index in [0.717, 1.165) is 43.2 Å². The molecular formula is C11H14ClN5O. The molecule has 1 fully saturated rings. The highest BCUT2D eigenvalue weighted by Crippen LogP contribution is 2.19. The molecule has 3 rings (SSSR count). The fourth-order valence-corrected chi connectivity index (χ4v) is 2.29. The Bertz CT molecular complexity index is 564. The van der Waals surface area contributed by atoms with Crippen molar-refractivity contribution < 1.29 is 4.74 Å². The Kier molecular flexibility index (Phi) is 3.15. The van der Waals surface area contributed by atoms with Gasteiger partial charge in [-0.05, 0) is 0 Å². The summed E-state index contributed by atoms with van der Waals surface area (Å²) in [7, 11) is 1.85. The normalized spacial score (nSPS) is 17.4. The third kappa shape index (κ3) is 2.19. The maximum atomic E-state index is 6.15. The molecule has 7 heteroatoms. The molecule has 0 radical (unpaired) electrons. The lowest BCUT2D eigenvalue weighted by Crippen LogP contribution is -2.36. The number of halogens is 1. The quantitative estimate of drug-likeness (QED) is 0.755. The van der Waals surface area contributed by atoms with E-state index in [9.17, 15) is 0 Å². The largest absolute Gasteiger partial charge is 0.379 e. The van der Waals surface area contributed by atoms with Crippen molar-refractivity contribution >= 4 is 22.6 Å². The van der Waals surface area contributed by atoms with Gasteiger partial charge in [0.1, 0.15) is 11.0 Å². The lowest BCUT2D eigenvalue weighted by atomic mass is 10.4. The smallest absolute Gasteiger partial charge is 0.162 e. The molecule has 0 N–H and O–H groups in total. The van der Waals surface area contributed by atoms with E-state index < -0.39 is 0 Å². The van der Waals surface area contributed by atoms with Crippen LogP contribution in [0.4, 0.5) is 0 Å². The Hall–Kier alpha value is -1.24. The minimum Gasteiger partial charge on any atom is -0.379 e. The van der Waals surface area contributed by atoms with Gasteiger partial charge in [-0.25, -0.2) is 9.97 Å². The second-order valence-electron chi connectivity index (χ2n) is 4.32. The zero-order chi connectivity index (χ0) is 12.5. The van der Waals surface area contributed by atoms with E-state index in [-0.39, 0.29) is 0 Å². The van der Waals surface area contributed by atoms with Crippen molar-refractivity contribution in [3.05, 3.63) is 17.2 Å². The Morgan fingerprint density at radius 3 is 2.89 bits per heavy atom. The Labute approximate surface area is 110 Å². The van der Waals surface area contributed by atoms with Gasteiger partial charge in [0.15, 0.2) is 5.65 Å². The molecule has 0 amide bonds. The van der Waals surface area contributed by atoms with Crippen LogP contribution in [0, 0.1) is 0 Å². The molecule has 18 heavy (non-hydrogen) atoms. The van der Waals surface area contributed by atoms with Crippen LogP contribution < -0.4 is 0 Å². The van der Waals surface area contributed by atoms with Crippen LogP contribution in [0.1, 0.15) is 5.82 Å². The van der Waals surface area contributed by atoms with Crippen molar-refractivity contribution in [2.45, 2.75) is 6.54 Å². The molecule has 1 aliphatic rings. The molecule has 1 saturated heterocycles. The highest BCUT2D eigenvalue weighted by molar-refractivity contribution is 6.33. The van der Waals surface area contributed by atoms with Gasteiger partial charge in [-0.15, -0.1) is 0 Å². The van der Waals surface area contributed by atoms with Gasteiger partial charge in [0.05, 0.1) is 31.3 Å². The van der Waals surface area contributed by atoms with E-state index in [0.29, 0.717) is 11.7 Å². The summed E-state index contributed by atoms with van der Waals surface area (Å²) in [4.78, 5) is 11.1. The first-order valence-electron chi connectivity index (χ1n) is 5.88. The SMILES string of the molecule is Cn1ncc2c(Cl)nc(CN3CCOCC3)nc21. The zero-order valence-electron chi connectivity index (χ0n) is 10.1. The molecular weight excluding hydrogens is 254 g/mol. The summed E-state index contributed by atoms with van der Waals surface area (Å²) >= 11 is 6.15. The monoisotopic (exact) mass is 267 g/mol. The number of hydrogen-bond acceptors (Lipinski definition) is 5. The first kappa shape index (κ1) is 11.8. The maximum Gasteiger partial charge on any atom is 0.162 e. The van der Waals surface area contributed by atoms with Gasteiger partial charge in [-0.1, -0.05) is 11.6 Å². The van der Waals surface area contributed by atoms with Crippen LogP contribution in [0.15, 0.2) is 6.20 Å². The van der Waals surface area contributed by atoms with E-state index in [2.05, 4.69) is 20.0 Å². The molecule has 2 aromatic heterocycles. The van der Waals surface area contributed by atoms with E-state index in [1.54, 1.807) is 10.9 Å². The first-order chi connectivity index (χ1) is 8.74. The van der Waals surface area contributed by atoms with Gasteiger partial charge in [0.25, 0.3) is 0 Å². The number of fused-ring (bicyclic) bond motifs is 1. The third-order valence-electron chi connectivity index (χ3n) is 3.06. The predicted octanol–water partition coefficient (Wildman–Crippen LogP) is 0.849. The zero-order valence-corrected chi connectivity index (χ0v) is 10.9. The van der Waals surface area contributed by atoms with E-state index >= 15 is 0 Å². The van der Waals surface area contributed by atoms with Crippen LogP contribution in [0.2, 0.25) is 5.15 Å². The number of rotatable bonds is 2. The van der Waals surface area contributed by atoms with Crippen LogP contribution in [-0.4, -0.2) is 51.0 Å². The van der Waals surface area contributed by atoms with Crippen LogP contribution in [0.5, 0.6) is 0 Å². The second kappa shape index (κ2) is 4.79. The Morgan fingerprint density at radius 1 is 1.33 bits per heavy atom. The second-order valence-corrected chi connectivity index (χ2v) is 4.68. The van der Waals surface area contributed by atoms with Crippen LogP contribution >= 0.6 is 11.6 Å². The molecule has 3 heterocycles. The predicted molar refractivity (Wildman–Crippen MR) is 67.4 cm³/mol. The Morgan fingerprint density at radius 2 is 2.11 bits per heavy atom. The van der Waals surface area contributed by atoms with Crippen molar-refractivity contribution in [2.24, 2.45) is 7.05 Å². The molecule has 0 aromatic carbocycles. The number of ether oxygens (including phenoxy) is 1. The molecule has 1 aliphatic heterocycles. The van der Waals surface area contributed by atoms with Gasteiger partial charge >= 0.3 is 0 Å². The standard InChI is InChI=1S/C11H14ClN5O/c1-16-11-8(6-13-16)10(12)14-9(15-11)7-17-2-4-18-5-3-17/h6H,2-5,7H2,1H3. The number of hydrogen-bond donors (Lipinski definition) is 0. The van der Waals surface area contributed by atoms with Crippen molar-refractivity contribution in [1.29, 1.82) is 0 Å². The molecule has 96 valence electrons. The molecule has 0 saturated carbocycles. The maximum absolute atomic E-state index is 6.15. The number of aryl methyl sites for hydroxylation is 1. The summed E-state index contributed by atoms with van der Waals surface area (Å²) in [5.41, 5.74) is 0.776. The number of aromatic nitrogens is 4. The molecule has 0 spiro atoms. The third-order valence-corrected chi connectivity index (χ3v) is 3.35. The van der Waals surface area contributed by atoms with Gasteiger partial charge in [-0.3, -0.25) is 9.58 Å². The van der Waals surface area contributed by atoms with Gasteiger partial charge < -0.3 is 4.74 Å². The molecule has 0 unspecified atom stereocenters. The summed E-state index contributed by atoms with van der Waals surface area (Å²) in [6, 6.07) is 0. The van der Waals surface area contributed by atoms with Crippen molar-refractivity contribution in [3.8, 4) is 0 Å². The van der Waals surface area contributed by atoms with E-state index in [4.69, 9.17) is 16.3 Å². The molecule has 0 atom stereocenters. The van der Waals surface area contributed by atoms with Crippen LogP contribution in [-0.2, 0) is 18.3 Å². The average molecular weight is 268 g/mol. The molecule has 2 aromatic rings. The van der Waals surface area contributed by atoms with E-state index in [1.165, 1.54) is 0 Å². The number of morpholine rings is 1. The average Bonchev–Trinajstić information content (AvgIpc) is 2.73. The fourth-order valence-electron chi connectivity index (χ4n) is 2.06. The summed E-state index contributed by atoms with van der Waals surface area (Å²) < 4.78 is 7.03. The Balaban J connectivity index is 1.89. The summed E-state index contributed by atoms with van der Waals surface area (Å²) in [6.07, 6.45) is 1.69. The lowest BCUT2D eigenvalue weighted by molar-refractivity contribution is 0.0331. The molecule has 0 bridgehead atoms. The van der Waals surface area contributed by atoms with Crippen molar-refractivity contribution in [2.75, 3.05) is 26.3 Å². The molecule has 0 aliphatic carbocycles. The van der Waals surface area contributed by atoms with E-state index in [1.807, 2.05) is 7.05 Å². The highest BCUT2D eigenvalue weighted by Gasteiger charge is 2.15. The summed E-state index contributed by atoms with van der Waals surface area (Å²) in [6.45, 7) is 4.04.